The second kappa shape index (κ2) is 9.61. The third-order valence-electron chi connectivity index (χ3n) is 3.89. The number of aryl methyl sites for hydroxylation is 1. The van der Waals surface area contributed by atoms with E-state index in [0.717, 1.165) is 42.8 Å². The number of methoxy groups -OCH3 is 2. The van der Waals surface area contributed by atoms with Crippen LogP contribution in [0.5, 0.6) is 5.75 Å². The smallest absolute Gasteiger partial charge is 0.374 e. The summed E-state index contributed by atoms with van der Waals surface area (Å²) >= 11 is 0. The number of unbranched alkanes of at least 4 members (excludes halogenated alkanes) is 3. The zero-order valence-electron chi connectivity index (χ0n) is 14.6. The number of benzene rings is 1. The highest BCUT2D eigenvalue weighted by molar-refractivity contribution is 6.33. The molecule has 25 heavy (non-hydrogen) atoms. The van der Waals surface area contributed by atoms with Gasteiger partial charge in [0.1, 0.15) is 5.75 Å². The van der Waals surface area contributed by atoms with E-state index < -0.39 is 11.8 Å². The Balaban J connectivity index is 1.69. The minimum atomic E-state index is -0.758. The van der Waals surface area contributed by atoms with Gasteiger partial charge in [0.2, 0.25) is 5.78 Å². The van der Waals surface area contributed by atoms with Crippen LogP contribution in [-0.4, -0.2) is 31.0 Å². The number of esters is 1. The molecule has 0 aliphatic heterocycles. The summed E-state index contributed by atoms with van der Waals surface area (Å²) in [5.41, 5.74) is 0.959. The number of carbonyl (C=O) groups excluding carboxylic acids is 2. The molecule has 0 aliphatic carbocycles. The first-order valence-corrected chi connectivity index (χ1v) is 8.34. The first-order chi connectivity index (χ1) is 12.1. The Kier molecular flexibility index (Phi) is 7.19. The highest BCUT2D eigenvalue weighted by atomic mass is 16.5. The van der Waals surface area contributed by atoms with Gasteiger partial charge in [0, 0.05) is 18.4 Å². The van der Waals surface area contributed by atoms with Crippen molar-refractivity contribution in [3.63, 3.8) is 0 Å². The standard InChI is InChI=1S/C19H23NO5/c1-23-15-11-9-14(10-12-15)17-13-20-18(25-17)8-6-4-3-5-7-16(21)19(22)24-2/h9-13H,3-8H2,1-2H3. The van der Waals surface area contributed by atoms with Gasteiger partial charge >= 0.3 is 5.97 Å². The number of hydrogen-bond donors (Lipinski definition) is 0. The van der Waals surface area contributed by atoms with Gasteiger partial charge in [0.15, 0.2) is 11.7 Å². The van der Waals surface area contributed by atoms with Gasteiger partial charge in [0.05, 0.1) is 20.4 Å². The molecule has 0 aliphatic rings. The van der Waals surface area contributed by atoms with Crippen LogP contribution in [0.1, 0.15) is 38.0 Å². The first-order valence-electron chi connectivity index (χ1n) is 8.34. The van der Waals surface area contributed by atoms with Gasteiger partial charge < -0.3 is 13.9 Å². The Labute approximate surface area is 147 Å². The maximum Gasteiger partial charge on any atom is 0.374 e. The minimum absolute atomic E-state index is 0.243. The molecule has 2 aromatic rings. The van der Waals surface area contributed by atoms with E-state index in [2.05, 4.69) is 9.72 Å². The Bertz CT molecular complexity index is 690. The molecule has 134 valence electrons. The van der Waals surface area contributed by atoms with Crippen LogP contribution in [0, 0.1) is 0 Å². The fourth-order valence-electron chi connectivity index (χ4n) is 2.45. The monoisotopic (exact) mass is 345 g/mol. The number of nitrogens with zero attached hydrogens (tertiary/aromatic N) is 1. The Morgan fingerprint density at radius 3 is 2.44 bits per heavy atom. The molecular weight excluding hydrogens is 322 g/mol. The van der Waals surface area contributed by atoms with E-state index in [1.807, 2.05) is 24.3 Å². The fourth-order valence-corrected chi connectivity index (χ4v) is 2.45. The molecule has 0 saturated heterocycles. The number of carbonyl (C=O) groups is 2. The SMILES string of the molecule is COC(=O)C(=O)CCCCCCc1ncc(-c2ccc(OC)cc2)o1. The molecule has 0 saturated carbocycles. The summed E-state index contributed by atoms with van der Waals surface area (Å²) in [6, 6.07) is 7.63. The van der Waals surface area contributed by atoms with E-state index in [1.165, 1.54) is 7.11 Å². The lowest BCUT2D eigenvalue weighted by Crippen LogP contribution is -2.14. The molecule has 1 heterocycles. The normalized spacial score (nSPS) is 10.5. The third kappa shape index (κ3) is 5.74. The van der Waals surface area contributed by atoms with Crippen LogP contribution in [0.2, 0.25) is 0 Å². The summed E-state index contributed by atoms with van der Waals surface area (Å²) in [5.74, 6) is 1.03. The second-order valence-electron chi connectivity index (χ2n) is 5.68. The Morgan fingerprint density at radius 2 is 1.76 bits per heavy atom. The highest BCUT2D eigenvalue weighted by Gasteiger charge is 2.12. The minimum Gasteiger partial charge on any atom is -0.497 e. The number of oxazole rings is 1. The molecular formula is C19H23NO5. The Hall–Kier alpha value is -2.63. The Morgan fingerprint density at radius 1 is 1.04 bits per heavy atom. The molecule has 6 nitrogen and oxygen atoms in total. The van der Waals surface area contributed by atoms with E-state index in [9.17, 15) is 9.59 Å². The molecule has 0 fully saturated rings. The average molecular weight is 345 g/mol. The molecule has 1 aromatic heterocycles. The van der Waals surface area contributed by atoms with Crippen molar-refractivity contribution in [2.75, 3.05) is 14.2 Å². The molecule has 2 rings (SSSR count). The first kappa shape index (κ1) is 18.7. The molecule has 0 bridgehead atoms. The van der Waals surface area contributed by atoms with E-state index in [4.69, 9.17) is 9.15 Å². The summed E-state index contributed by atoms with van der Waals surface area (Å²) in [7, 11) is 2.85. The summed E-state index contributed by atoms with van der Waals surface area (Å²) < 4.78 is 15.3. The van der Waals surface area contributed by atoms with Crippen molar-refractivity contribution in [2.24, 2.45) is 0 Å². The van der Waals surface area contributed by atoms with Gasteiger partial charge in [-0.2, -0.15) is 0 Å². The fraction of sp³-hybridized carbons (Fsp3) is 0.421. The molecule has 0 amide bonds. The lowest BCUT2D eigenvalue weighted by atomic mass is 10.1. The summed E-state index contributed by atoms with van der Waals surface area (Å²) in [6.07, 6.45) is 6.18. The molecule has 0 unspecified atom stereocenters. The quantitative estimate of drug-likeness (QED) is 0.372. The molecule has 0 spiro atoms. The zero-order chi connectivity index (χ0) is 18.1. The van der Waals surface area contributed by atoms with Crippen LogP contribution in [0.15, 0.2) is 34.9 Å². The topological polar surface area (TPSA) is 78.6 Å². The van der Waals surface area contributed by atoms with Gasteiger partial charge in [-0.15, -0.1) is 0 Å². The summed E-state index contributed by atoms with van der Waals surface area (Å²) in [5, 5.41) is 0. The van der Waals surface area contributed by atoms with Crippen molar-refractivity contribution < 1.29 is 23.5 Å². The number of Topliss-reactive ketones (excluding diaryl/α,β-unsaturated/α-hetero) is 1. The van der Waals surface area contributed by atoms with Crippen molar-refractivity contribution in [2.45, 2.75) is 38.5 Å². The highest BCUT2D eigenvalue weighted by Crippen LogP contribution is 2.23. The van der Waals surface area contributed by atoms with Gasteiger partial charge in [-0.25, -0.2) is 9.78 Å². The summed E-state index contributed by atoms with van der Waals surface area (Å²) in [6.45, 7) is 0. The largest absolute Gasteiger partial charge is 0.497 e. The van der Waals surface area contributed by atoms with E-state index in [-0.39, 0.29) is 6.42 Å². The molecule has 0 N–H and O–H groups in total. The second-order valence-corrected chi connectivity index (χ2v) is 5.68. The van der Waals surface area contributed by atoms with Crippen LogP contribution in [-0.2, 0) is 20.7 Å². The number of ether oxygens (including phenoxy) is 2. The summed E-state index contributed by atoms with van der Waals surface area (Å²) in [4.78, 5) is 26.6. The van der Waals surface area contributed by atoms with Gasteiger partial charge in [0.25, 0.3) is 0 Å². The maximum atomic E-state index is 11.3. The van der Waals surface area contributed by atoms with Crippen molar-refractivity contribution in [3.05, 3.63) is 36.4 Å². The molecule has 0 atom stereocenters. The van der Waals surface area contributed by atoms with E-state index >= 15 is 0 Å². The number of ketones is 1. The van der Waals surface area contributed by atoms with E-state index in [0.29, 0.717) is 12.3 Å². The van der Waals surface area contributed by atoms with Crippen LogP contribution in [0.3, 0.4) is 0 Å². The van der Waals surface area contributed by atoms with Crippen molar-refractivity contribution >= 4 is 11.8 Å². The van der Waals surface area contributed by atoms with Crippen LogP contribution in [0.4, 0.5) is 0 Å². The number of rotatable bonds is 10. The zero-order valence-corrected chi connectivity index (χ0v) is 14.6. The van der Waals surface area contributed by atoms with Gasteiger partial charge in [-0.3, -0.25) is 4.79 Å². The van der Waals surface area contributed by atoms with Crippen LogP contribution in [0.25, 0.3) is 11.3 Å². The number of hydrogen-bond acceptors (Lipinski definition) is 6. The van der Waals surface area contributed by atoms with Gasteiger partial charge in [-0.05, 0) is 37.1 Å². The third-order valence-corrected chi connectivity index (χ3v) is 3.89. The number of aromatic nitrogens is 1. The van der Waals surface area contributed by atoms with Crippen molar-refractivity contribution in [1.29, 1.82) is 0 Å². The lowest BCUT2D eigenvalue weighted by Gasteiger charge is -2.01. The molecule has 0 radical (unpaired) electrons. The van der Waals surface area contributed by atoms with Crippen LogP contribution >= 0.6 is 0 Å². The molecule has 6 heteroatoms. The van der Waals surface area contributed by atoms with Crippen LogP contribution < -0.4 is 4.74 Å². The van der Waals surface area contributed by atoms with Gasteiger partial charge in [-0.1, -0.05) is 12.8 Å². The van der Waals surface area contributed by atoms with E-state index in [1.54, 1.807) is 13.3 Å². The molecule has 1 aromatic carbocycles. The van der Waals surface area contributed by atoms with Crippen molar-refractivity contribution in [1.82, 2.24) is 4.98 Å². The average Bonchev–Trinajstić information content (AvgIpc) is 3.12. The lowest BCUT2D eigenvalue weighted by molar-refractivity contribution is -0.151. The maximum absolute atomic E-state index is 11.3. The predicted octanol–water partition coefficient (Wildman–Crippen LogP) is 3.59. The van der Waals surface area contributed by atoms with Crippen molar-refractivity contribution in [3.8, 4) is 17.1 Å². The predicted molar refractivity (Wildman–Crippen MR) is 92.3 cm³/mol.